The van der Waals surface area contributed by atoms with Crippen LogP contribution in [0, 0.1) is 10.1 Å². The zero-order chi connectivity index (χ0) is 21.3. The molecule has 0 bridgehead atoms. The number of nitrogens with one attached hydrogen (secondary N) is 2. The van der Waals surface area contributed by atoms with Crippen LogP contribution in [0.2, 0.25) is 0 Å². The first-order valence-corrected chi connectivity index (χ1v) is 9.32. The highest BCUT2D eigenvalue weighted by atomic mass is 16.6. The number of nitro groups is 1. The quantitative estimate of drug-likeness (QED) is 0.483. The van der Waals surface area contributed by atoms with E-state index in [9.17, 15) is 14.9 Å². The van der Waals surface area contributed by atoms with Crippen LogP contribution in [0.5, 0.6) is 5.75 Å². The summed E-state index contributed by atoms with van der Waals surface area (Å²) in [7, 11) is 3.20. The molecule has 0 aromatic heterocycles. The van der Waals surface area contributed by atoms with Gasteiger partial charge >= 0.3 is 0 Å². The lowest BCUT2D eigenvalue weighted by Crippen LogP contribution is -2.43. The zero-order valence-corrected chi connectivity index (χ0v) is 16.5. The van der Waals surface area contributed by atoms with Gasteiger partial charge in [0.05, 0.1) is 17.6 Å². The van der Waals surface area contributed by atoms with E-state index in [1.165, 1.54) is 6.07 Å². The molecule has 1 amide bonds. The minimum atomic E-state index is -0.620. The molecule has 0 saturated heterocycles. The van der Waals surface area contributed by atoms with E-state index in [-0.39, 0.29) is 11.6 Å². The Morgan fingerprint density at radius 2 is 1.83 bits per heavy atom. The molecule has 3 aromatic carbocycles. The van der Waals surface area contributed by atoms with Gasteiger partial charge in [0.25, 0.3) is 11.6 Å². The van der Waals surface area contributed by atoms with E-state index >= 15 is 0 Å². The fourth-order valence-electron chi connectivity index (χ4n) is 3.58. The van der Waals surface area contributed by atoms with E-state index in [4.69, 9.17) is 4.74 Å². The van der Waals surface area contributed by atoms with Crippen LogP contribution in [-0.4, -0.2) is 25.0 Å². The SMILES string of the molecule is CNc1ccc(C2Nc3ccccc3C(=O)N2c2ccc(OC)cc2)cc1[N+](=O)[O-]. The molecular formula is C22H20N4O4. The molecule has 30 heavy (non-hydrogen) atoms. The molecule has 2 N–H and O–H groups in total. The van der Waals surface area contributed by atoms with Crippen molar-refractivity contribution in [3.05, 3.63) is 88.0 Å². The Bertz CT molecular complexity index is 1110. The molecule has 152 valence electrons. The van der Waals surface area contributed by atoms with Gasteiger partial charge in [0.15, 0.2) is 0 Å². The van der Waals surface area contributed by atoms with Crippen molar-refractivity contribution < 1.29 is 14.5 Å². The van der Waals surface area contributed by atoms with Gasteiger partial charge in [0.1, 0.15) is 17.6 Å². The van der Waals surface area contributed by atoms with Crippen LogP contribution in [0.1, 0.15) is 22.1 Å². The number of benzene rings is 3. The summed E-state index contributed by atoms with van der Waals surface area (Å²) in [6.07, 6.45) is -0.620. The molecule has 0 fully saturated rings. The van der Waals surface area contributed by atoms with Crippen LogP contribution in [0.3, 0.4) is 0 Å². The van der Waals surface area contributed by atoms with Gasteiger partial charge in [-0.25, -0.2) is 0 Å². The van der Waals surface area contributed by atoms with Gasteiger partial charge in [-0.3, -0.25) is 19.8 Å². The van der Waals surface area contributed by atoms with Crippen LogP contribution in [-0.2, 0) is 0 Å². The summed E-state index contributed by atoms with van der Waals surface area (Å²) in [6.45, 7) is 0. The number of ether oxygens (including phenoxy) is 1. The standard InChI is InChI=1S/C22H20N4O4/c1-23-19-12-7-14(13-20(19)26(28)29)21-24-18-6-4-3-5-17(18)22(27)25(21)15-8-10-16(30-2)11-9-15/h3-13,21,23-24H,1-2H3. The molecule has 8 nitrogen and oxygen atoms in total. The molecular weight excluding hydrogens is 384 g/mol. The summed E-state index contributed by atoms with van der Waals surface area (Å²) in [6, 6.07) is 19.2. The Morgan fingerprint density at radius 1 is 1.10 bits per heavy atom. The lowest BCUT2D eigenvalue weighted by molar-refractivity contribution is -0.384. The maximum Gasteiger partial charge on any atom is 0.292 e. The fraction of sp³-hybridized carbons (Fsp3) is 0.136. The number of methoxy groups -OCH3 is 1. The summed E-state index contributed by atoms with van der Waals surface area (Å²) in [4.78, 5) is 26.1. The lowest BCUT2D eigenvalue weighted by Gasteiger charge is -2.38. The predicted molar refractivity (Wildman–Crippen MR) is 115 cm³/mol. The molecule has 1 heterocycles. The number of hydrogen-bond donors (Lipinski definition) is 2. The smallest absolute Gasteiger partial charge is 0.292 e. The largest absolute Gasteiger partial charge is 0.497 e. The number of carbonyl (C=O) groups excluding carboxylic acids is 1. The minimum Gasteiger partial charge on any atom is -0.497 e. The third-order valence-corrected chi connectivity index (χ3v) is 5.08. The predicted octanol–water partition coefficient (Wildman–Crippen LogP) is 4.42. The van der Waals surface area contributed by atoms with Crippen LogP contribution in [0.25, 0.3) is 0 Å². The van der Waals surface area contributed by atoms with Gasteiger partial charge in [-0.1, -0.05) is 18.2 Å². The van der Waals surface area contributed by atoms with Gasteiger partial charge in [0, 0.05) is 30.1 Å². The van der Waals surface area contributed by atoms with Crippen LogP contribution < -0.4 is 20.3 Å². The Labute approximate surface area is 173 Å². The summed E-state index contributed by atoms with van der Waals surface area (Å²) in [5.41, 5.74) is 2.80. The van der Waals surface area contributed by atoms with Crippen molar-refractivity contribution in [2.24, 2.45) is 0 Å². The van der Waals surface area contributed by atoms with Crippen molar-refractivity contribution in [1.29, 1.82) is 0 Å². The molecule has 0 spiro atoms. The van der Waals surface area contributed by atoms with E-state index < -0.39 is 11.1 Å². The molecule has 0 aliphatic carbocycles. The summed E-state index contributed by atoms with van der Waals surface area (Å²) in [5.74, 6) is 0.474. The second kappa shape index (κ2) is 7.75. The van der Waals surface area contributed by atoms with Gasteiger partial charge in [0.2, 0.25) is 0 Å². The third kappa shape index (κ3) is 3.28. The first kappa shape index (κ1) is 19.3. The van der Waals surface area contributed by atoms with Crippen LogP contribution in [0.15, 0.2) is 66.7 Å². The summed E-state index contributed by atoms with van der Waals surface area (Å²) >= 11 is 0. The fourth-order valence-corrected chi connectivity index (χ4v) is 3.58. The van der Waals surface area contributed by atoms with Gasteiger partial charge < -0.3 is 15.4 Å². The van der Waals surface area contributed by atoms with Crippen molar-refractivity contribution in [3.8, 4) is 5.75 Å². The maximum absolute atomic E-state index is 13.4. The highest BCUT2D eigenvalue weighted by molar-refractivity contribution is 6.12. The molecule has 3 aromatic rings. The average Bonchev–Trinajstić information content (AvgIpc) is 2.78. The van der Waals surface area contributed by atoms with Crippen molar-refractivity contribution in [2.45, 2.75) is 6.17 Å². The Balaban J connectivity index is 1.85. The molecule has 1 aliphatic rings. The number of para-hydroxylation sites is 1. The molecule has 1 unspecified atom stereocenters. The normalized spacial score (nSPS) is 15.2. The van der Waals surface area contributed by atoms with Gasteiger partial charge in [-0.15, -0.1) is 0 Å². The van der Waals surface area contributed by atoms with Crippen molar-refractivity contribution in [2.75, 3.05) is 29.7 Å². The number of fused-ring (bicyclic) bond motifs is 1. The topological polar surface area (TPSA) is 96.7 Å². The number of rotatable bonds is 5. The first-order chi connectivity index (χ1) is 14.5. The average molecular weight is 404 g/mol. The van der Waals surface area contributed by atoms with Gasteiger partial charge in [-0.05, 0) is 42.5 Å². The van der Waals surface area contributed by atoms with Crippen LogP contribution in [0.4, 0.5) is 22.7 Å². The van der Waals surface area contributed by atoms with Crippen molar-refractivity contribution in [3.63, 3.8) is 0 Å². The second-order valence-electron chi connectivity index (χ2n) is 6.75. The number of nitrogens with zero attached hydrogens (tertiary/aromatic N) is 2. The Kier molecular flexibility index (Phi) is 4.97. The highest BCUT2D eigenvalue weighted by Gasteiger charge is 2.35. The van der Waals surface area contributed by atoms with Gasteiger partial charge in [-0.2, -0.15) is 0 Å². The highest BCUT2D eigenvalue weighted by Crippen LogP contribution is 2.39. The zero-order valence-electron chi connectivity index (χ0n) is 16.5. The molecule has 4 rings (SSSR count). The minimum absolute atomic E-state index is 0.0576. The maximum atomic E-state index is 13.4. The van der Waals surface area contributed by atoms with Crippen molar-refractivity contribution >= 4 is 28.7 Å². The van der Waals surface area contributed by atoms with E-state index in [0.29, 0.717) is 33.9 Å². The first-order valence-electron chi connectivity index (χ1n) is 9.32. The van der Waals surface area contributed by atoms with E-state index in [1.807, 2.05) is 12.1 Å². The van der Waals surface area contributed by atoms with E-state index in [2.05, 4.69) is 10.6 Å². The van der Waals surface area contributed by atoms with Crippen LogP contribution >= 0.6 is 0 Å². The lowest BCUT2D eigenvalue weighted by atomic mass is 10.0. The molecule has 0 saturated carbocycles. The number of carbonyl (C=O) groups is 1. The molecule has 0 radical (unpaired) electrons. The molecule has 1 atom stereocenters. The third-order valence-electron chi connectivity index (χ3n) is 5.08. The molecule has 1 aliphatic heterocycles. The number of nitro benzene ring substituents is 1. The summed E-state index contributed by atoms with van der Waals surface area (Å²) in [5, 5.41) is 17.7. The van der Waals surface area contributed by atoms with E-state index in [1.54, 1.807) is 67.6 Å². The monoisotopic (exact) mass is 404 g/mol. The number of amides is 1. The number of anilines is 3. The summed E-state index contributed by atoms with van der Waals surface area (Å²) < 4.78 is 5.22. The van der Waals surface area contributed by atoms with Crippen molar-refractivity contribution in [1.82, 2.24) is 0 Å². The Morgan fingerprint density at radius 3 is 2.50 bits per heavy atom. The van der Waals surface area contributed by atoms with E-state index in [0.717, 1.165) is 0 Å². The second-order valence-corrected chi connectivity index (χ2v) is 6.75. The Hall–Kier alpha value is -4.07. The number of hydrogen-bond acceptors (Lipinski definition) is 6. The molecule has 8 heteroatoms.